The number of ketones is 1. The maximum atomic E-state index is 15.2. The number of ether oxygens (including phenoxy) is 2. The molecule has 628 valence electrons. The second-order valence-electron chi connectivity index (χ2n) is 29.2. The zero-order chi connectivity index (χ0) is 82.3. The highest BCUT2D eigenvalue weighted by atomic mass is 16.5. The largest absolute Gasteiger partial charge is 0.394 e. The summed E-state index contributed by atoms with van der Waals surface area (Å²) < 4.78 is 11.0. The number of hydrogen-bond acceptors (Lipinski definition) is 19. The molecule has 0 saturated carbocycles. The van der Waals surface area contributed by atoms with Gasteiger partial charge in [-0.1, -0.05) is 152 Å². The number of aliphatic hydroxyl groups is 2. The third-order valence-electron chi connectivity index (χ3n) is 19.8. The SMILES string of the molecule is CCCCCCCCCCCCCCCC(=O)NCCOCCOCC(=O)NC(CCC(N)=O)C(=O)N[C@@H](CO)C(=O)N[C@@H](CCCC)C(=O)N[C@H]1CCC(=O)CNCCCC[C@@H](C(N)=O)NC(=O)[C@H](Cc2c[nH]c3ccccc23)NC(=O)[C@H](CCCNC(=N)N)NC(=O)C(Cc2ccccc2)NC(=O)[C@@H]2C[C@@H](O)CN2C1=O. The number of unbranched alkanes of at least 4 members (excludes halogenated alkanes) is 13. The fraction of sp³-hybridized carbons (Fsp3) is 0.646. The van der Waals surface area contributed by atoms with Gasteiger partial charge in [0.05, 0.1) is 39.1 Å². The number of benzene rings is 2. The van der Waals surface area contributed by atoms with Crippen LogP contribution in [0.15, 0.2) is 60.8 Å². The van der Waals surface area contributed by atoms with Gasteiger partial charge in [0.25, 0.3) is 0 Å². The smallest absolute Gasteiger partial charge is 0.246 e. The molecule has 12 amide bonds. The van der Waals surface area contributed by atoms with E-state index in [-0.39, 0.29) is 122 Å². The molecule has 34 nitrogen and oxygen atoms in total. The number of amides is 12. The number of carbonyl (C=O) groups excluding carboxylic acids is 13. The molecule has 5 rings (SSSR count). The molecule has 3 heterocycles. The van der Waals surface area contributed by atoms with E-state index >= 15 is 4.79 Å². The number of primary amides is 2. The predicted octanol–water partition coefficient (Wildman–Crippen LogP) is 0.743. The van der Waals surface area contributed by atoms with E-state index in [0.717, 1.165) is 35.1 Å². The second kappa shape index (κ2) is 53.4. The summed E-state index contributed by atoms with van der Waals surface area (Å²) in [6, 6.07) is 2.32. The molecule has 2 aromatic carbocycles. The van der Waals surface area contributed by atoms with Crippen LogP contribution in [0.4, 0.5) is 0 Å². The van der Waals surface area contributed by atoms with Crippen LogP contribution in [0, 0.1) is 5.41 Å². The van der Waals surface area contributed by atoms with Gasteiger partial charge < -0.3 is 105 Å². The van der Waals surface area contributed by atoms with Crippen LogP contribution in [0.2, 0.25) is 0 Å². The Hall–Kier alpha value is -9.64. The summed E-state index contributed by atoms with van der Waals surface area (Å²) in [5, 5.41) is 59.8. The number of nitrogens with one attached hydrogen (secondary N) is 13. The minimum absolute atomic E-state index is 0.0425. The number of aliphatic hydroxyl groups excluding tert-OH is 2. The molecule has 113 heavy (non-hydrogen) atoms. The minimum Gasteiger partial charge on any atom is -0.394 e. The minimum atomic E-state index is -1.77. The molecule has 2 aliphatic heterocycles. The van der Waals surface area contributed by atoms with Crippen molar-refractivity contribution in [2.45, 2.75) is 261 Å². The maximum Gasteiger partial charge on any atom is 0.246 e. The number of rotatable bonds is 45. The number of aromatic amines is 1. The quantitative estimate of drug-likeness (QED) is 0.0211. The number of para-hydroxylation sites is 1. The Bertz CT molecular complexity index is 3510. The second-order valence-corrected chi connectivity index (χ2v) is 29.2. The molecule has 10 atom stereocenters. The first-order chi connectivity index (χ1) is 54.4. The molecule has 3 aromatic rings. The van der Waals surface area contributed by atoms with Gasteiger partial charge in [-0.15, -0.1) is 0 Å². The van der Waals surface area contributed by atoms with Gasteiger partial charge in [-0.05, 0) is 81.5 Å². The summed E-state index contributed by atoms with van der Waals surface area (Å²) in [6.45, 7) is 2.52. The standard InChI is InChI=1S/C79H125N17O17/c1-3-5-7-8-9-10-11-12-13-14-15-16-20-33-68(101)85-40-41-112-42-43-113-51-69(102)88-61(36-37-67(80)100)73(106)95-65(50-97)76(109)91-59(29-6-4-2)71(104)92-62-35-34-54(98)48-84-38-24-23-31-58(70(81)103)89-75(108)64(45-53-47-87-57-30-22-21-28-56(53)57)93-72(105)60(32-25-39-86-79(82)83)90-74(107)63(44-52-26-18-17-19-27-52)94-77(110)66-46-55(99)49-96(66)78(62)111/h17-19,21-22,26-28,30,47,55,58-66,84,87,97,99H,3-16,20,23-25,29,31-46,48-51H2,1-2H3,(H2,80,100)(H2,81,103)(H,85,101)(H,88,102)(H,89,108)(H,90,107)(H,91,109)(H,92,104)(H,93,105)(H,94,110)(H,95,106)(H4,82,83,86)/t55-,58+,59+,60+,61?,62+,63?,64+,65+,66+/m1/s1. The highest BCUT2D eigenvalue weighted by molar-refractivity contribution is 5.99. The van der Waals surface area contributed by atoms with Crippen LogP contribution in [0.5, 0.6) is 0 Å². The summed E-state index contributed by atoms with van der Waals surface area (Å²) in [4.78, 5) is 185. The van der Waals surface area contributed by atoms with E-state index in [1.54, 1.807) is 49.5 Å². The third-order valence-corrected chi connectivity index (χ3v) is 19.8. The fourth-order valence-electron chi connectivity index (χ4n) is 13.5. The Balaban J connectivity index is 1.28. The van der Waals surface area contributed by atoms with Gasteiger partial charge in [-0.25, -0.2) is 0 Å². The molecule has 2 unspecified atom stereocenters. The molecule has 2 aliphatic rings. The number of Topliss-reactive ketones (excluding diaryl/α,β-unsaturated/α-hetero) is 1. The van der Waals surface area contributed by atoms with Crippen LogP contribution in [-0.2, 0) is 84.6 Å². The monoisotopic (exact) mass is 1580 g/mol. The first-order valence-electron chi connectivity index (χ1n) is 40.3. The van der Waals surface area contributed by atoms with E-state index in [2.05, 4.69) is 70.4 Å². The number of hydrogen-bond donors (Lipinski definition) is 18. The molecule has 2 saturated heterocycles. The van der Waals surface area contributed by atoms with Gasteiger partial charge in [-0.3, -0.25) is 67.7 Å². The number of carbonyl (C=O) groups is 13. The molecule has 0 radical (unpaired) electrons. The average molecular weight is 1580 g/mol. The van der Waals surface area contributed by atoms with E-state index < -0.39 is 157 Å². The van der Waals surface area contributed by atoms with Crippen LogP contribution in [0.25, 0.3) is 10.9 Å². The van der Waals surface area contributed by atoms with Crippen molar-refractivity contribution in [1.29, 1.82) is 5.41 Å². The van der Waals surface area contributed by atoms with Gasteiger partial charge in [0.15, 0.2) is 5.96 Å². The number of H-pyrrole nitrogens is 1. The van der Waals surface area contributed by atoms with Crippen LogP contribution in [0.3, 0.4) is 0 Å². The molecule has 1 aromatic heterocycles. The van der Waals surface area contributed by atoms with Gasteiger partial charge in [-0.2, -0.15) is 0 Å². The van der Waals surface area contributed by atoms with Gasteiger partial charge >= 0.3 is 0 Å². The first kappa shape index (κ1) is 94.0. The van der Waals surface area contributed by atoms with Crippen molar-refractivity contribution in [2.75, 3.05) is 65.8 Å². The van der Waals surface area contributed by atoms with Crippen LogP contribution < -0.4 is 75.7 Å². The highest BCUT2D eigenvalue weighted by Crippen LogP contribution is 2.24. The van der Waals surface area contributed by atoms with E-state index in [9.17, 15) is 67.7 Å². The summed E-state index contributed by atoms with van der Waals surface area (Å²) in [5.74, 6) is -10.8. The number of guanidine groups is 1. The Morgan fingerprint density at radius 1 is 0.611 bits per heavy atom. The number of nitrogens with zero attached hydrogens (tertiary/aromatic N) is 1. The zero-order valence-electron chi connectivity index (χ0n) is 65.8. The van der Waals surface area contributed by atoms with Crippen molar-refractivity contribution in [1.82, 2.24) is 68.4 Å². The van der Waals surface area contributed by atoms with E-state index in [1.807, 2.05) is 18.2 Å². The first-order valence-corrected chi connectivity index (χ1v) is 40.3. The molecule has 34 heteroatoms. The molecule has 0 spiro atoms. The van der Waals surface area contributed by atoms with Gasteiger partial charge in [0, 0.05) is 75.3 Å². The Labute approximate surface area is 662 Å². The van der Waals surface area contributed by atoms with E-state index in [1.165, 1.54) is 64.2 Å². The maximum absolute atomic E-state index is 15.2. The summed E-state index contributed by atoms with van der Waals surface area (Å²) >= 11 is 0. The van der Waals surface area contributed by atoms with Crippen molar-refractivity contribution in [3.63, 3.8) is 0 Å². The number of fused-ring (bicyclic) bond motifs is 2. The molecular formula is C79H125N17O17. The molecule has 0 aliphatic carbocycles. The van der Waals surface area contributed by atoms with Crippen molar-refractivity contribution in [2.24, 2.45) is 17.2 Å². The van der Waals surface area contributed by atoms with Gasteiger partial charge in [0.1, 0.15) is 66.8 Å². The Morgan fingerprint density at radius 3 is 1.90 bits per heavy atom. The van der Waals surface area contributed by atoms with Crippen LogP contribution in [0.1, 0.15) is 198 Å². The number of aromatic nitrogens is 1. The summed E-state index contributed by atoms with van der Waals surface area (Å²) in [7, 11) is 0. The summed E-state index contributed by atoms with van der Waals surface area (Å²) in [6.07, 6.45) is 15.8. The summed E-state index contributed by atoms with van der Waals surface area (Å²) in [5.41, 5.74) is 18.8. The van der Waals surface area contributed by atoms with Crippen molar-refractivity contribution < 1.29 is 82.0 Å². The Kier molecular flexibility index (Phi) is 44.4. The van der Waals surface area contributed by atoms with Crippen LogP contribution in [-0.4, -0.2) is 229 Å². The highest BCUT2D eigenvalue weighted by Gasteiger charge is 2.44. The topological polar surface area (TPSA) is 534 Å². The lowest BCUT2D eigenvalue weighted by Gasteiger charge is -2.31. The molecule has 21 N–H and O–H groups in total. The number of nitrogens with two attached hydrogens (primary N) is 3. The normalized spacial score (nSPS) is 20.0. The molecule has 2 fully saturated rings. The lowest BCUT2D eigenvalue weighted by molar-refractivity contribution is -0.143. The molecule has 0 bridgehead atoms. The predicted molar refractivity (Wildman–Crippen MR) is 423 cm³/mol. The zero-order valence-corrected chi connectivity index (χ0v) is 65.8. The lowest BCUT2D eigenvalue weighted by atomic mass is 10.0. The Morgan fingerprint density at radius 2 is 1.22 bits per heavy atom. The average Bonchev–Trinajstić information content (AvgIpc) is 1.69. The van der Waals surface area contributed by atoms with Crippen molar-refractivity contribution in [3.8, 4) is 0 Å². The fourth-order valence-corrected chi connectivity index (χ4v) is 13.5. The van der Waals surface area contributed by atoms with Crippen molar-refractivity contribution in [3.05, 3.63) is 71.9 Å². The third kappa shape index (κ3) is 36.4. The van der Waals surface area contributed by atoms with Crippen molar-refractivity contribution >= 4 is 93.5 Å². The van der Waals surface area contributed by atoms with E-state index in [4.69, 9.17) is 32.1 Å². The lowest BCUT2D eigenvalue weighted by Crippen LogP contribution is -2.61. The van der Waals surface area contributed by atoms with Gasteiger partial charge in [0.2, 0.25) is 70.9 Å². The molecular weight excluding hydrogens is 1460 g/mol. The van der Waals surface area contributed by atoms with Crippen LogP contribution >= 0.6 is 0 Å². The van der Waals surface area contributed by atoms with E-state index in [0.29, 0.717) is 43.2 Å².